The zero-order valence-corrected chi connectivity index (χ0v) is 16.5. The first-order valence-electron chi connectivity index (χ1n) is 9.68. The summed E-state index contributed by atoms with van der Waals surface area (Å²) in [5, 5.41) is 6.86. The monoisotopic (exact) mass is 416 g/mol. The molecule has 3 aromatic heterocycles. The summed E-state index contributed by atoms with van der Waals surface area (Å²) in [6.07, 6.45) is 2.03. The molecule has 158 valence electrons. The molecule has 0 bridgehead atoms. The molecule has 30 heavy (non-hydrogen) atoms. The van der Waals surface area contributed by atoms with Gasteiger partial charge in [-0.05, 0) is 24.6 Å². The molecule has 0 aliphatic carbocycles. The molecule has 0 unspecified atom stereocenters. The van der Waals surface area contributed by atoms with Crippen LogP contribution in [0.4, 0.5) is 8.78 Å². The smallest absolute Gasteiger partial charge is 0.280 e. The van der Waals surface area contributed by atoms with Gasteiger partial charge >= 0.3 is 0 Å². The van der Waals surface area contributed by atoms with Crippen LogP contribution < -0.4 is 5.32 Å². The van der Waals surface area contributed by atoms with Crippen molar-refractivity contribution < 1.29 is 18.3 Å². The fourth-order valence-electron chi connectivity index (χ4n) is 3.63. The van der Waals surface area contributed by atoms with Gasteiger partial charge in [0.15, 0.2) is 5.65 Å². The lowest BCUT2D eigenvalue weighted by Gasteiger charge is -2.34. The summed E-state index contributed by atoms with van der Waals surface area (Å²) in [5.41, 5.74) is 1.36. The van der Waals surface area contributed by atoms with Crippen LogP contribution in [0.2, 0.25) is 0 Å². The van der Waals surface area contributed by atoms with Crippen molar-refractivity contribution in [3.8, 4) is 0 Å². The summed E-state index contributed by atoms with van der Waals surface area (Å²) in [7, 11) is 0. The van der Waals surface area contributed by atoms with Gasteiger partial charge in [-0.3, -0.25) is 14.7 Å². The van der Waals surface area contributed by atoms with E-state index in [0.717, 1.165) is 23.2 Å². The van der Waals surface area contributed by atoms with Gasteiger partial charge in [0, 0.05) is 37.7 Å². The highest BCUT2D eigenvalue weighted by molar-refractivity contribution is 5.99. The fraction of sp³-hybridized carbons (Fsp3) is 0.400. The Bertz CT molecular complexity index is 1020. The Labute approximate surface area is 171 Å². The standard InChI is InChI=1S/C20H22F2N6O2/c1-13-9-16(18(21)22)28-19(26-13)15(11-25-28)20(29)24-12-17(14-3-2-4-23-10-14)27-5-7-30-8-6-27/h2-4,9-11,17-18H,5-8,12H2,1H3,(H,24,29)/t17-/m0/s1. The lowest BCUT2D eigenvalue weighted by molar-refractivity contribution is 0.0161. The maximum Gasteiger partial charge on any atom is 0.280 e. The number of fused-ring (bicyclic) bond motifs is 1. The average Bonchev–Trinajstić information content (AvgIpc) is 3.18. The first-order chi connectivity index (χ1) is 14.5. The van der Waals surface area contributed by atoms with Crippen LogP contribution in [-0.4, -0.2) is 63.2 Å². The predicted octanol–water partition coefficient (Wildman–Crippen LogP) is 2.17. The summed E-state index contributed by atoms with van der Waals surface area (Å²) in [4.78, 5) is 23.5. The van der Waals surface area contributed by atoms with Gasteiger partial charge in [0.25, 0.3) is 12.3 Å². The molecule has 3 aromatic rings. The maximum absolute atomic E-state index is 13.3. The number of hydrogen-bond acceptors (Lipinski definition) is 6. The van der Waals surface area contributed by atoms with E-state index in [2.05, 4.69) is 25.3 Å². The Morgan fingerprint density at radius 2 is 2.10 bits per heavy atom. The third-order valence-corrected chi connectivity index (χ3v) is 5.11. The van der Waals surface area contributed by atoms with Crippen molar-refractivity contribution in [3.05, 3.63) is 59.3 Å². The van der Waals surface area contributed by atoms with Gasteiger partial charge in [0.05, 0.1) is 25.5 Å². The van der Waals surface area contributed by atoms with Crippen LogP contribution in [0.15, 0.2) is 36.8 Å². The molecule has 8 nitrogen and oxygen atoms in total. The number of amides is 1. The van der Waals surface area contributed by atoms with Crippen molar-refractivity contribution in [1.29, 1.82) is 0 Å². The molecule has 0 radical (unpaired) electrons. The van der Waals surface area contributed by atoms with Crippen LogP contribution in [0.3, 0.4) is 0 Å². The Kier molecular flexibility index (Phi) is 5.96. The lowest BCUT2D eigenvalue weighted by atomic mass is 10.1. The normalized spacial score (nSPS) is 16.1. The number of nitrogens with zero attached hydrogens (tertiary/aromatic N) is 5. The van der Waals surface area contributed by atoms with E-state index in [0.29, 0.717) is 25.5 Å². The van der Waals surface area contributed by atoms with Gasteiger partial charge in [-0.25, -0.2) is 18.3 Å². The number of morpholine rings is 1. The number of carbonyl (C=O) groups is 1. The number of pyridine rings is 1. The van der Waals surface area contributed by atoms with Crippen LogP contribution in [0.25, 0.3) is 5.65 Å². The van der Waals surface area contributed by atoms with Gasteiger partial charge in [-0.2, -0.15) is 5.10 Å². The molecular formula is C20H22F2N6O2. The predicted molar refractivity (Wildman–Crippen MR) is 104 cm³/mol. The Hall–Kier alpha value is -2.98. The van der Waals surface area contributed by atoms with Gasteiger partial charge in [-0.1, -0.05) is 6.07 Å². The first kappa shape index (κ1) is 20.3. The molecule has 0 aromatic carbocycles. The molecule has 1 amide bonds. The highest BCUT2D eigenvalue weighted by Gasteiger charge is 2.25. The summed E-state index contributed by atoms with van der Waals surface area (Å²) in [5.74, 6) is -0.412. The Morgan fingerprint density at radius 1 is 1.30 bits per heavy atom. The number of nitrogens with one attached hydrogen (secondary N) is 1. The van der Waals surface area contributed by atoms with E-state index in [4.69, 9.17) is 4.74 Å². The molecule has 10 heteroatoms. The summed E-state index contributed by atoms with van der Waals surface area (Å²) < 4.78 is 33.1. The quantitative estimate of drug-likeness (QED) is 0.663. The first-order valence-corrected chi connectivity index (χ1v) is 9.68. The molecule has 1 aliphatic rings. The molecule has 1 aliphatic heterocycles. The van der Waals surface area contributed by atoms with Crippen molar-refractivity contribution in [2.24, 2.45) is 0 Å². The van der Waals surface area contributed by atoms with Crippen molar-refractivity contribution in [2.45, 2.75) is 19.4 Å². The highest BCUT2D eigenvalue weighted by atomic mass is 19.3. The zero-order valence-electron chi connectivity index (χ0n) is 16.5. The number of carbonyl (C=O) groups excluding carboxylic acids is 1. The van der Waals surface area contributed by atoms with E-state index in [9.17, 15) is 13.6 Å². The van der Waals surface area contributed by atoms with Gasteiger partial charge in [0.2, 0.25) is 0 Å². The number of rotatable bonds is 6. The minimum atomic E-state index is -2.72. The summed E-state index contributed by atoms with van der Waals surface area (Å²) >= 11 is 0. The topological polar surface area (TPSA) is 84.7 Å². The van der Waals surface area contributed by atoms with E-state index in [1.807, 2.05) is 12.1 Å². The molecule has 0 spiro atoms. The molecule has 0 saturated carbocycles. The molecule has 1 saturated heterocycles. The third-order valence-electron chi connectivity index (χ3n) is 5.11. The minimum absolute atomic E-state index is 0.0836. The molecule has 4 rings (SSSR count). The molecule has 1 N–H and O–H groups in total. The van der Waals surface area contributed by atoms with Gasteiger partial charge in [-0.15, -0.1) is 0 Å². The van der Waals surface area contributed by atoms with E-state index in [1.165, 1.54) is 12.3 Å². The SMILES string of the molecule is Cc1cc(C(F)F)n2ncc(C(=O)NC[C@@H](c3cccnc3)N3CCOCC3)c2n1. The minimum Gasteiger partial charge on any atom is -0.379 e. The van der Waals surface area contributed by atoms with Gasteiger partial charge in [0.1, 0.15) is 11.3 Å². The molecule has 1 atom stereocenters. The number of aromatic nitrogens is 4. The van der Waals surface area contributed by atoms with Crippen molar-refractivity contribution >= 4 is 11.6 Å². The van der Waals surface area contributed by atoms with E-state index < -0.39 is 12.3 Å². The number of hydrogen-bond donors (Lipinski definition) is 1. The van der Waals surface area contributed by atoms with Crippen molar-refractivity contribution in [3.63, 3.8) is 0 Å². The molecule has 1 fully saturated rings. The Morgan fingerprint density at radius 3 is 2.80 bits per heavy atom. The van der Waals surface area contributed by atoms with Crippen LogP contribution in [0.5, 0.6) is 0 Å². The van der Waals surface area contributed by atoms with E-state index in [1.54, 1.807) is 19.3 Å². The average molecular weight is 416 g/mol. The fourth-order valence-corrected chi connectivity index (χ4v) is 3.63. The summed E-state index contributed by atoms with van der Waals surface area (Å²) in [6.45, 7) is 4.67. The summed E-state index contributed by atoms with van der Waals surface area (Å²) in [6, 6.07) is 5.01. The largest absolute Gasteiger partial charge is 0.379 e. The number of ether oxygens (including phenoxy) is 1. The number of halogens is 2. The second-order valence-corrected chi connectivity index (χ2v) is 7.08. The third kappa shape index (κ3) is 4.14. The lowest BCUT2D eigenvalue weighted by Crippen LogP contribution is -2.43. The zero-order chi connectivity index (χ0) is 21.1. The maximum atomic E-state index is 13.3. The molecule has 4 heterocycles. The number of aryl methyl sites for hydroxylation is 1. The number of alkyl halides is 2. The van der Waals surface area contributed by atoms with E-state index in [-0.39, 0.29) is 22.9 Å². The van der Waals surface area contributed by atoms with Crippen LogP contribution in [0.1, 0.15) is 39.8 Å². The highest BCUT2D eigenvalue weighted by Crippen LogP contribution is 2.23. The van der Waals surface area contributed by atoms with E-state index >= 15 is 0 Å². The van der Waals surface area contributed by atoms with Crippen LogP contribution >= 0.6 is 0 Å². The van der Waals surface area contributed by atoms with Gasteiger partial charge < -0.3 is 10.1 Å². The van der Waals surface area contributed by atoms with Crippen molar-refractivity contribution in [2.75, 3.05) is 32.8 Å². The second kappa shape index (κ2) is 8.80. The van der Waals surface area contributed by atoms with Crippen LogP contribution in [0, 0.1) is 6.92 Å². The second-order valence-electron chi connectivity index (χ2n) is 7.08. The Balaban J connectivity index is 1.56. The van der Waals surface area contributed by atoms with Crippen LogP contribution in [-0.2, 0) is 4.74 Å². The van der Waals surface area contributed by atoms with Crippen molar-refractivity contribution in [1.82, 2.24) is 29.8 Å². The molecular weight excluding hydrogens is 394 g/mol.